The van der Waals surface area contributed by atoms with E-state index in [0.717, 1.165) is 22.6 Å². The second kappa shape index (κ2) is 8.90. The molecule has 2 aliphatic rings. The van der Waals surface area contributed by atoms with Crippen molar-refractivity contribution in [1.29, 1.82) is 0 Å². The number of fused-ring (bicyclic) bond motifs is 2. The summed E-state index contributed by atoms with van der Waals surface area (Å²) < 4.78 is 5.16. The molecule has 6 nitrogen and oxygen atoms in total. The van der Waals surface area contributed by atoms with E-state index in [2.05, 4.69) is 22.1 Å². The number of amides is 2. The number of carbonyl (C=O) groups is 2. The van der Waals surface area contributed by atoms with Crippen LogP contribution in [0.15, 0.2) is 46.3 Å². The molecule has 4 rings (SSSR count). The summed E-state index contributed by atoms with van der Waals surface area (Å²) >= 11 is 1.48. The van der Waals surface area contributed by atoms with E-state index in [9.17, 15) is 9.59 Å². The van der Waals surface area contributed by atoms with E-state index >= 15 is 0 Å². The predicted molar refractivity (Wildman–Crippen MR) is 117 cm³/mol. The first-order chi connectivity index (χ1) is 14.6. The number of nitrogens with one attached hydrogen (secondary N) is 1. The average molecular weight is 422 g/mol. The highest BCUT2D eigenvalue weighted by molar-refractivity contribution is 7.99. The second-order valence-corrected chi connectivity index (χ2v) is 8.52. The van der Waals surface area contributed by atoms with Crippen molar-refractivity contribution in [3.05, 3.63) is 42.1 Å². The Morgan fingerprint density at radius 2 is 2.13 bits per heavy atom. The van der Waals surface area contributed by atoms with E-state index in [-0.39, 0.29) is 24.3 Å². The van der Waals surface area contributed by atoms with E-state index < -0.39 is 0 Å². The van der Waals surface area contributed by atoms with Gasteiger partial charge in [0.1, 0.15) is 0 Å². The number of benzene rings is 1. The fraction of sp³-hybridized carbons (Fsp3) is 0.348. The SMILES string of the molecule is CC#CCN1C(=O)c2ccccc2Sc2cc(NC(=O)C3CC(COC)C3)cnc21. The molecule has 0 saturated heterocycles. The molecule has 2 heterocycles. The minimum absolute atomic E-state index is 0.00732. The standard InChI is InChI=1S/C23H23N3O3S/c1-3-4-9-26-21-20(30-19-8-6-5-7-18(19)23(26)28)12-17(13-24-21)25-22(27)16-10-15(11-16)14-29-2/h5-8,12-13,15-16H,9-11,14H2,1-2H3,(H,25,27). The van der Waals surface area contributed by atoms with Gasteiger partial charge in [-0.2, -0.15) is 0 Å². The molecule has 1 N–H and O–H groups in total. The van der Waals surface area contributed by atoms with Crippen molar-refractivity contribution in [2.24, 2.45) is 11.8 Å². The molecule has 2 amide bonds. The Bertz CT molecular complexity index is 1040. The zero-order valence-corrected chi connectivity index (χ0v) is 17.8. The van der Waals surface area contributed by atoms with E-state index in [1.807, 2.05) is 30.3 Å². The Labute approximate surface area is 180 Å². The molecule has 1 aliphatic heterocycles. The third-order valence-electron chi connectivity index (χ3n) is 5.36. The first-order valence-electron chi connectivity index (χ1n) is 9.89. The van der Waals surface area contributed by atoms with Crippen molar-refractivity contribution in [1.82, 2.24) is 4.98 Å². The van der Waals surface area contributed by atoms with Crippen LogP contribution in [0, 0.1) is 23.7 Å². The van der Waals surface area contributed by atoms with Crippen molar-refractivity contribution in [3.63, 3.8) is 0 Å². The number of aromatic nitrogens is 1. The second-order valence-electron chi connectivity index (χ2n) is 7.44. The molecule has 154 valence electrons. The van der Waals surface area contributed by atoms with Crippen LogP contribution in [0.4, 0.5) is 11.5 Å². The van der Waals surface area contributed by atoms with Crippen LogP contribution in [0.2, 0.25) is 0 Å². The molecule has 0 unspecified atom stereocenters. The Morgan fingerprint density at radius 1 is 1.33 bits per heavy atom. The van der Waals surface area contributed by atoms with E-state index in [1.165, 1.54) is 11.8 Å². The molecule has 0 bridgehead atoms. The van der Waals surface area contributed by atoms with Gasteiger partial charge in [-0.05, 0) is 43.9 Å². The Balaban J connectivity index is 1.59. The van der Waals surface area contributed by atoms with Gasteiger partial charge >= 0.3 is 0 Å². The summed E-state index contributed by atoms with van der Waals surface area (Å²) in [5.74, 6) is 6.72. The van der Waals surface area contributed by atoms with Crippen LogP contribution in [-0.2, 0) is 9.53 Å². The number of ether oxygens (including phenoxy) is 1. The number of anilines is 2. The van der Waals surface area contributed by atoms with Gasteiger partial charge in [0.15, 0.2) is 5.82 Å². The number of rotatable bonds is 5. The third kappa shape index (κ3) is 4.07. The summed E-state index contributed by atoms with van der Waals surface area (Å²) in [6.45, 7) is 2.71. The number of nitrogens with zero attached hydrogens (tertiary/aromatic N) is 2. The van der Waals surface area contributed by atoms with Crippen LogP contribution < -0.4 is 10.2 Å². The molecular weight excluding hydrogens is 398 g/mol. The molecule has 1 saturated carbocycles. The molecule has 1 aliphatic carbocycles. The molecule has 0 radical (unpaired) electrons. The van der Waals surface area contributed by atoms with Gasteiger partial charge in [0.2, 0.25) is 5.91 Å². The molecule has 1 aromatic carbocycles. The van der Waals surface area contributed by atoms with Crippen molar-refractivity contribution < 1.29 is 14.3 Å². The predicted octanol–water partition coefficient (Wildman–Crippen LogP) is 3.83. The summed E-state index contributed by atoms with van der Waals surface area (Å²) in [4.78, 5) is 33.5. The van der Waals surface area contributed by atoms with Crippen molar-refractivity contribution in [2.75, 3.05) is 30.5 Å². The molecule has 30 heavy (non-hydrogen) atoms. The summed E-state index contributed by atoms with van der Waals surface area (Å²) in [6, 6.07) is 9.39. The highest BCUT2D eigenvalue weighted by Gasteiger charge is 2.34. The van der Waals surface area contributed by atoms with Gasteiger partial charge in [-0.15, -0.1) is 5.92 Å². The van der Waals surface area contributed by atoms with Gasteiger partial charge < -0.3 is 10.1 Å². The van der Waals surface area contributed by atoms with Crippen molar-refractivity contribution in [3.8, 4) is 11.8 Å². The molecule has 0 spiro atoms. The minimum atomic E-state index is -0.123. The van der Waals surface area contributed by atoms with Crippen LogP contribution in [0.3, 0.4) is 0 Å². The quantitative estimate of drug-likeness (QED) is 0.743. The smallest absolute Gasteiger partial charge is 0.261 e. The summed E-state index contributed by atoms with van der Waals surface area (Å²) in [7, 11) is 1.69. The lowest BCUT2D eigenvalue weighted by Gasteiger charge is -2.33. The van der Waals surface area contributed by atoms with Crippen LogP contribution >= 0.6 is 11.8 Å². The van der Waals surface area contributed by atoms with E-state index in [1.54, 1.807) is 25.1 Å². The maximum Gasteiger partial charge on any atom is 0.261 e. The van der Waals surface area contributed by atoms with Crippen LogP contribution in [0.1, 0.15) is 30.1 Å². The van der Waals surface area contributed by atoms with E-state index in [4.69, 9.17) is 4.74 Å². The normalized spacial score (nSPS) is 19.5. The molecule has 2 aromatic rings. The zero-order valence-electron chi connectivity index (χ0n) is 17.0. The van der Waals surface area contributed by atoms with Gasteiger partial charge in [0, 0.05) is 24.5 Å². The first-order valence-corrected chi connectivity index (χ1v) is 10.7. The molecule has 7 heteroatoms. The largest absolute Gasteiger partial charge is 0.384 e. The van der Waals surface area contributed by atoms with Gasteiger partial charge in [-0.3, -0.25) is 14.5 Å². The lowest BCUT2D eigenvalue weighted by Crippen LogP contribution is -2.36. The number of hydrogen-bond acceptors (Lipinski definition) is 5. The van der Waals surface area contributed by atoms with Crippen LogP contribution in [-0.4, -0.2) is 37.1 Å². The monoisotopic (exact) mass is 421 g/mol. The number of hydrogen-bond donors (Lipinski definition) is 1. The van der Waals surface area contributed by atoms with Gasteiger partial charge in [-0.1, -0.05) is 29.8 Å². The fourth-order valence-corrected chi connectivity index (χ4v) is 4.84. The Hall–Kier alpha value is -2.82. The average Bonchev–Trinajstić information content (AvgIpc) is 2.82. The molecule has 1 aromatic heterocycles. The molecule has 0 atom stereocenters. The first kappa shape index (κ1) is 20.5. The van der Waals surface area contributed by atoms with Crippen molar-refractivity contribution in [2.45, 2.75) is 29.6 Å². The van der Waals surface area contributed by atoms with Gasteiger partial charge in [0.05, 0.1) is 28.9 Å². The summed E-state index contributed by atoms with van der Waals surface area (Å²) in [5, 5.41) is 2.98. The number of carbonyl (C=O) groups excluding carboxylic acids is 2. The highest BCUT2D eigenvalue weighted by atomic mass is 32.2. The number of methoxy groups -OCH3 is 1. The highest BCUT2D eigenvalue weighted by Crippen LogP contribution is 2.41. The van der Waals surface area contributed by atoms with Gasteiger partial charge in [0.25, 0.3) is 5.91 Å². The number of pyridine rings is 1. The maximum absolute atomic E-state index is 13.1. The Kier molecular flexibility index (Phi) is 6.07. The van der Waals surface area contributed by atoms with E-state index in [0.29, 0.717) is 29.6 Å². The van der Waals surface area contributed by atoms with Crippen molar-refractivity contribution >= 4 is 35.1 Å². The summed E-state index contributed by atoms with van der Waals surface area (Å²) in [6.07, 6.45) is 3.30. The minimum Gasteiger partial charge on any atom is -0.384 e. The lowest BCUT2D eigenvalue weighted by atomic mass is 9.75. The van der Waals surface area contributed by atoms with Crippen LogP contribution in [0.25, 0.3) is 0 Å². The lowest BCUT2D eigenvalue weighted by molar-refractivity contribution is -0.124. The zero-order chi connectivity index (χ0) is 21.1. The fourth-order valence-electron chi connectivity index (χ4n) is 3.75. The molecular formula is C23H23N3O3S. The molecule has 1 fully saturated rings. The summed E-state index contributed by atoms with van der Waals surface area (Å²) in [5.41, 5.74) is 1.26. The van der Waals surface area contributed by atoms with Gasteiger partial charge in [-0.25, -0.2) is 4.98 Å². The Morgan fingerprint density at radius 3 is 2.90 bits per heavy atom. The maximum atomic E-state index is 13.1. The third-order valence-corrected chi connectivity index (χ3v) is 6.46. The van der Waals surface area contributed by atoms with Crippen LogP contribution in [0.5, 0.6) is 0 Å². The topological polar surface area (TPSA) is 71.5 Å².